The molecule has 29 heavy (non-hydrogen) atoms. The maximum Gasteiger partial charge on any atom is 0.189 e. The first-order chi connectivity index (χ1) is 13.9. The number of aryl methyl sites for hydroxylation is 1. The molecule has 3 aromatic heterocycles. The van der Waals surface area contributed by atoms with E-state index >= 15 is 0 Å². The third-order valence-electron chi connectivity index (χ3n) is 5.38. The molecule has 152 valence electrons. The van der Waals surface area contributed by atoms with Crippen molar-refractivity contribution < 1.29 is 4.79 Å². The smallest absolute Gasteiger partial charge is 0.189 e. The second-order valence-electron chi connectivity index (χ2n) is 7.64. The average molecular weight is 447 g/mol. The standard InChI is InChI=1S/C21H23ClN4OS2/c1-12-6-17(28-11-12)21-18(10-26-13(2)4-5-14(26)3)29-20(25-21)7-16(27)15-8-24-19(22)9-23-15/h6,8-9,11,13-14H,4-5,7,10H2,1-3H3/t13-,14-/m1/s1. The Balaban J connectivity index is 1.62. The number of aromatic nitrogens is 3. The van der Waals surface area contributed by atoms with Gasteiger partial charge in [0.15, 0.2) is 5.78 Å². The largest absolute Gasteiger partial charge is 0.293 e. The molecule has 0 unspecified atom stereocenters. The van der Waals surface area contributed by atoms with E-state index in [1.807, 2.05) is 0 Å². The quantitative estimate of drug-likeness (QED) is 0.473. The van der Waals surface area contributed by atoms with Gasteiger partial charge < -0.3 is 0 Å². The van der Waals surface area contributed by atoms with Gasteiger partial charge in [0, 0.05) is 23.5 Å². The SMILES string of the molecule is Cc1csc(-c2nc(CC(=O)c3cnc(Cl)cn3)sc2CN2[C@H](C)CC[C@H]2C)c1. The fourth-order valence-electron chi connectivity index (χ4n) is 3.74. The minimum Gasteiger partial charge on any atom is -0.293 e. The van der Waals surface area contributed by atoms with E-state index in [9.17, 15) is 4.79 Å². The molecule has 4 heterocycles. The fraction of sp³-hybridized carbons (Fsp3) is 0.429. The Morgan fingerprint density at radius 3 is 2.62 bits per heavy atom. The van der Waals surface area contributed by atoms with Gasteiger partial charge in [-0.2, -0.15) is 0 Å². The number of ketones is 1. The van der Waals surface area contributed by atoms with E-state index in [-0.39, 0.29) is 17.4 Å². The topological polar surface area (TPSA) is 59.0 Å². The first-order valence-corrected chi connectivity index (χ1v) is 11.8. The Labute approximate surface area is 183 Å². The van der Waals surface area contributed by atoms with Gasteiger partial charge in [-0.25, -0.2) is 15.0 Å². The van der Waals surface area contributed by atoms with Crippen LogP contribution in [0.3, 0.4) is 0 Å². The van der Waals surface area contributed by atoms with Crippen molar-refractivity contribution in [3.63, 3.8) is 0 Å². The lowest BCUT2D eigenvalue weighted by Crippen LogP contribution is -2.31. The lowest BCUT2D eigenvalue weighted by atomic mass is 10.2. The highest BCUT2D eigenvalue weighted by atomic mass is 35.5. The lowest BCUT2D eigenvalue weighted by molar-refractivity contribution is 0.0988. The monoisotopic (exact) mass is 446 g/mol. The summed E-state index contributed by atoms with van der Waals surface area (Å²) in [7, 11) is 0. The Morgan fingerprint density at radius 1 is 1.24 bits per heavy atom. The molecular weight excluding hydrogens is 424 g/mol. The Morgan fingerprint density at radius 2 is 2.00 bits per heavy atom. The van der Waals surface area contributed by atoms with Gasteiger partial charge in [0.05, 0.1) is 29.4 Å². The van der Waals surface area contributed by atoms with Crippen molar-refractivity contribution in [1.82, 2.24) is 19.9 Å². The predicted molar refractivity (Wildman–Crippen MR) is 119 cm³/mol. The molecule has 1 aliphatic heterocycles. The Kier molecular flexibility index (Phi) is 6.11. The van der Waals surface area contributed by atoms with E-state index in [4.69, 9.17) is 16.6 Å². The molecule has 8 heteroatoms. The summed E-state index contributed by atoms with van der Waals surface area (Å²) < 4.78 is 0. The molecule has 0 radical (unpaired) electrons. The molecule has 0 saturated carbocycles. The van der Waals surface area contributed by atoms with Crippen LogP contribution in [0.25, 0.3) is 10.6 Å². The van der Waals surface area contributed by atoms with E-state index in [1.54, 1.807) is 22.7 Å². The number of hydrogen-bond donors (Lipinski definition) is 0. The predicted octanol–water partition coefficient (Wildman–Crippen LogP) is 5.42. The van der Waals surface area contributed by atoms with Crippen molar-refractivity contribution in [3.05, 3.63) is 50.1 Å². The number of thiazole rings is 1. The number of thiophene rings is 1. The van der Waals surface area contributed by atoms with Crippen LogP contribution in [0, 0.1) is 6.92 Å². The summed E-state index contributed by atoms with van der Waals surface area (Å²) in [6.45, 7) is 7.56. The van der Waals surface area contributed by atoms with Crippen molar-refractivity contribution >= 4 is 40.1 Å². The van der Waals surface area contributed by atoms with Crippen molar-refractivity contribution in [1.29, 1.82) is 0 Å². The van der Waals surface area contributed by atoms with Crippen LogP contribution < -0.4 is 0 Å². The number of likely N-dealkylation sites (tertiary alicyclic amines) is 1. The molecule has 0 bridgehead atoms. The fourth-order valence-corrected chi connectivity index (χ4v) is 5.91. The number of nitrogens with zero attached hydrogens (tertiary/aromatic N) is 4. The summed E-state index contributed by atoms with van der Waals surface area (Å²) in [5, 5.41) is 3.25. The van der Waals surface area contributed by atoms with Gasteiger partial charge >= 0.3 is 0 Å². The molecule has 5 nitrogen and oxygen atoms in total. The third kappa shape index (κ3) is 4.58. The summed E-state index contributed by atoms with van der Waals surface area (Å²) >= 11 is 9.13. The molecule has 3 aromatic rings. The maximum atomic E-state index is 12.6. The maximum absolute atomic E-state index is 12.6. The zero-order chi connectivity index (χ0) is 20.5. The first-order valence-electron chi connectivity index (χ1n) is 9.71. The summed E-state index contributed by atoms with van der Waals surface area (Å²) in [6, 6.07) is 3.31. The molecule has 0 N–H and O–H groups in total. The third-order valence-corrected chi connectivity index (χ3v) is 7.67. The highest BCUT2D eigenvalue weighted by Gasteiger charge is 2.29. The van der Waals surface area contributed by atoms with E-state index in [0.29, 0.717) is 17.8 Å². The van der Waals surface area contributed by atoms with Crippen molar-refractivity contribution in [2.45, 2.75) is 58.7 Å². The van der Waals surface area contributed by atoms with Gasteiger partial charge in [0.1, 0.15) is 15.9 Å². The summed E-state index contributed by atoms with van der Waals surface area (Å²) in [4.78, 5) is 30.5. The zero-order valence-electron chi connectivity index (χ0n) is 16.7. The van der Waals surface area contributed by atoms with Crippen LogP contribution in [0.2, 0.25) is 5.15 Å². The van der Waals surface area contributed by atoms with Gasteiger partial charge in [0.25, 0.3) is 0 Å². The Bertz CT molecular complexity index is 1000. The van der Waals surface area contributed by atoms with Gasteiger partial charge in [0.2, 0.25) is 0 Å². The highest BCUT2D eigenvalue weighted by Crippen LogP contribution is 2.36. The van der Waals surface area contributed by atoms with Crippen molar-refractivity contribution in [3.8, 4) is 10.6 Å². The number of Topliss-reactive ketones (excluding diaryl/α,β-unsaturated/α-hetero) is 1. The lowest BCUT2D eigenvalue weighted by Gasteiger charge is -2.25. The number of carbonyl (C=O) groups is 1. The molecule has 0 aromatic carbocycles. The zero-order valence-corrected chi connectivity index (χ0v) is 19.1. The summed E-state index contributed by atoms with van der Waals surface area (Å²) in [5.74, 6) is -0.0914. The summed E-state index contributed by atoms with van der Waals surface area (Å²) in [5.41, 5.74) is 2.58. The Hall–Kier alpha value is -1.67. The van der Waals surface area contributed by atoms with Crippen molar-refractivity contribution in [2.24, 2.45) is 0 Å². The number of hydrogen-bond acceptors (Lipinski definition) is 7. The van der Waals surface area contributed by atoms with Crippen LogP contribution in [-0.2, 0) is 13.0 Å². The van der Waals surface area contributed by atoms with Gasteiger partial charge in [-0.1, -0.05) is 11.6 Å². The minimum atomic E-state index is -0.0914. The molecule has 0 spiro atoms. The van der Waals surface area contributed by atoms with E-state index in [0.717, 1.165) is 17.2 Å². The number of rotatable bonds is 6. The van der Waals surface area contributed by atoms with E-state index in [1.165, 1.54) is 40.6 Å². The van der Waals surface area contributed by atoms with Gasteiger partial charge in [-0.15, -0.1) is 22.7 Å². The van der Waals surface area contributed by atoms with Crippen LogP contribution in [-0.4, -0.2) is 37.7 Å². The van der Waals surface area contributed by atoms with Gasteiger partial charge in [-0.3, -0.25) is 9.69 Å². The van der Waals surface area contributed by atoms with Crippen LogP contribution in [0.5, 0.6) is 0 Å². The van der Waals surface area contributed by atoms with Crippen LogP contribution in [0.1, 0.15) is 52.6 Å². The molecule has 0 amide bonds. The molecule has 1 aliphatic rings. The molecule has 1 fully saturated rings. The second-order valence-corrected chi connectivity index (χ2v) is 10.1. The molecule has 2 atom stereocenters. The average Bonchev–Trinajstić information content (AvgIpc) is 3.37. The summed E-state index contributed by atoms with van der Waals surface area (Å²) in [6.07, 6.45) is 5.51. The molecule has 1 saturated heterocycles. The minimum absolute atomic E-state index is 0.0914. The normalized spacial score (nSPS) is 19.7. The highest BCUT2D eigenvalue weighted by molar-refractivity contribution is 7.15. The van der Waals surface area contributed by atoms with Crippen LogP contribution >= 0.6 is 34.3 Å². The molecule has 0 aliphatic carbocycles. The van der Waals surface area contributed by atoms with Crippen molar-refractivity contribution in [2.75, 3.05) is 0 Å². The number of halogens is 1. The number of carbonyl (C=O) groups excluding carboxylic acids is 1. The second kappa shape index (κ2) is 8.60. The first kappa shape index (κ1) is 20.6. The van der Waals surface area contributed by atoms with E-state index in [2.05, 4.69) is 47.1 Å². The molecule has 4 rings (SSSR count). The molecular formula is C21H23ClN4OS2. The van der Waals surface area contributed by atoms with Crippen LogP contribution in [0.15, 0.2) is 23.8 Å². The van der Waals surface area contributed by atoms with Crippen LogP contribution in [0.4, 0.5) is 0 Å². The van der Waals surface area contributed by atoms with Gasteiger partial charge in [-0.05, 0) is 50.6 Å². The van der Waals surface area contributed by atoms with E-state index < -0.39 is 0 Å².